The fourth-order valence-corrected chi connectivity index (χ4v) is 1.06. The van der Waals surface area contributed by atoms with Gasteiger partial charge in [0, 0.05) is 5.69 Å². The van der Waals surface area contributed by atoms with E-state index in [-0.39, 0.29) is 11.7 Å². The number of nitrogens with zero attached hydrogens (tertiary/aromatic N) is 1. The maximum absolute atomic E-state index is 11.9. The lowest BCUT2D eigenvalue weighted by Crippen LogP contribution is -2.21. The summed E-state index contributed by atoms with van der Waals surface area (Å²) in [7, 11) is 0. The van der Waals surface area contributed by atoms with E-state index in [9.17, 15) is 13.2 Å². The van der Waals surface area contributed by atoms with Crippen molar-refractivity contribution in [1.82, 2.24) is 4.98 Å². The lowest BCUT2D eigenvalue weighted by Gasteiger charge is -2.10. The molecule has 1 heterocycles. The van der Waals surface area contributed by atoms with Crippen molar-refractivity contribution in [2.24, 2.45) is 0 Å². The van der Waals surface area contributed by atoms with Crippen molar-refractivity contribution < 1.29 is 13.2 Å². The molecule has 0 aliphatic rings. The number of halogens is 3. The molecule has 0 spiro atoms. The van der Waals surface area contributed by atoms with E-state index in [1.807, 2.05) is 13.8 Å². The first-order chi connectivity index (χ1) is 6.88. The van der Waals surface area contributed by atoms with E-state index in [2.05, 4.69) is 10.3 Å². The van der Waals surface area contributed by atoms with Crippen LogP contribution in [0.4, 0.5) is 19.0 Å². The van der Waals surface area contributed by atoms with E-state index in [0.717, 1.165) is 5.69 Å². The van der Waals surface area contributed by atoms with Crippen LogP contribution in [0.25, 0.3) is 0 Å². The van der Waals surface area contributed by atoms with Crippen molar-refractivity contribution in [3.8, 4) is 0 Å². The first kappa shape index (κ1) is 11.8. The molecule has 0 atom stereocenters. The molecule has 15 heavy (non-hydrogen) atoms. The second-order valence-electron chi connectivity index (χ2n) is 3.57. The Morgan fingerprint density at radius 3 is 2.53 bits per heavy atom. The minimum absolute atomic E-state index is 0.206. The van der Waals surface area contributed by atoms with Crippen LogP contribution in [0.2, 0.25) is 0 Å². The van der Waals surface area contributed by atoms with Crippen molar-refractivity contribution in [3.63, 3.8) is 0 Å². The lowest BCUT2D eigenvalue weighted by molar-refractivity contribution is -0.115. The summed E-state index contributed by atoms with van der Waals surface area (Å²) >= 11 is 0. The summed E-state index contributed by atoms with van der Waals surface area (Å²) in [4.78, 5) is 4.06. The summed E-state index contributed by atoms with van der Waals surface area (Å²) in [6.45, 7) is 2.83. The molecule has 0 radical (unpaired) electrons. The third-order valence-corrected chi connectivity index (χ3v) is 1.83. The van der Waals surface area contributed by atoms with Gasteiger partial charge in [-0.3, -0.25) is 0 Å². The second-order valence-corrected chi connectivity index (χ2v) is 3.57. The minimum Gasteiger partial charge on any atom is -0.361 e. The Kier molecular flexibility index (Phi) is 3.55. The highest BCUT2D eigenvalue weighted by atomic mass is 19.4. The molecular formula is C10H13F3N2. The molecule has 0 aliphatic carbocycles. The highest BCUT2D eigenvalue weighted by Crippen LogP contribution is 2.17. The van der Waals surface area contributed by atoms with Gasteiger partial charge in [0.25, 0.3) is 0 Å². The normalized spacial score (nSPS) is 11.9. The van der Waals surface area contributed by atoms with Crippen LogP contribution in [0.1, 0.15) is 25.5 Å². The summed E-state index contributed by atoms with van der Waals surface area (Å²) in [6, 6.07) is 5.02. The fourth-order valence-electron chi connectivity index (χ4n) is 1.06. The van der Waals surface area contributed by atoms with Crippen LogP contribution in [-0.2, 0) is 0 Å². The average Bonchev–Trinajstić information content (AvgIpc) is 2.14. The molecule has 0 saturated heterocycles. The number of hydrogen-bond acceptors (Lipinski definition) is 2. The van der Waals surface area contributed by atoms with Gasteiger partial charge < -0.3 is 5.32 Å². The standard InChI is InChI=1S/C10H13F3N2/c1-7(2)8-4-3-5-9(15-8)14-6-10(11,12)13/h3-5,7H,6H2,1-2H3,(H,14,15). The number of hydrogen-bond donors (Lipinski definition) is 1. The summed E-state index contributed by atoms with van der Waals surface area (Å²) in [5, 5.41) is 2.24. The Bertz CT molecular complexity index is 321. The molecule has 0 aliphatic heterocycles. The molecule has 0 saturated carbocycles. The van der Waals surface area contributed by atoms with Gasteiger partial charge in [0.2, 0.25) is 0 Å². The van der Waals surface area contributed by atoms with Gasteiger partial charge >= 0.3 is 6.18 Å². The first-order valence-corrected chi connectivity index (χ1v) is 4.66. The molecule has 0 aromatic carbocycles. The molecular weight excluding hydrogens is 205 g/mol. The molecule has 1 aromatic heterocycles. The third-order valence-electron chi connectivity index (χ3n) is 1.83. The Balaban J connectivity index is 2.66. The number of alkyl halides is 3. The van der Waals surface area contributed by atoms with Crippen molar-refractivity contribution in [3.05, 3.63) is 23.9 Å². The van der Waals surface area contributed by atoms with Gasteiger partial charge in [-0.1, -0.05) is 19.9 Å². The first-order valence-electron chi connectivity index (χ1n) is 4.66. The molecule has 0 bridgehead atoms. The van der Waals surface area contributed by atoms with E-state index in [1.165, 1.54) is 6.07 Å². The van der Waals surface area contributed by atoms with Crippen LogP contribution < -0.4 is 5.32 Å². The monoisotopic (exact) mass is 218 g/mol. The number of anilines is 1. The zero-order chi connectivity index (χ0) is 11.5. The van der Waals surface area contributed by atoms with Gasteiger partial charge in [-0.05, 0) is 18.1 Å². The smallest absolute Gasteiger partial charge is 0.361 e. The largest absolute Gasteiger partial charge is 0.405 e. The molecule has 84 valence electrons. The molecule has 0 fully saturated rings. The lowest BCUT2D eigenvalue weighted by atomic mass is 10.1. The fraction of sp³-hybridized carbons (Fsp3) is 0.500. The summed E-state index contributed by atoms with van der Waals surface area (Å²) < 4.78 is 35.7. The Morgan fingerprint density at radius 2 is 2.00 bits per heavy atom. The van der Waals surface area contributed by atoms with Gasteiger partial charge in [-0.2, -0.15) is 13.2 Å². The van der Waals surface area contributed by atoms with Gasteiger partial charge in [0.05, 0.1) is 0 Å². The summed E-state index contributed by atoms with van der Waals surface area (Å²) in [5.74, 6) is 0.469. The van der Waals surface area contributed by atoms with Gasteiger partial charge in [0.15, 0.2) is 0 Å². The van der Waals surface area contributed by atoms with E-state index < -0.39 is 12.7 Å². The van der Waals surface area contributed by atoms with Crippen molar-refractivity contribution in [1.29, 1.82) is 0 Å². The topological polar surface area (TPSA) is 24.9 Å². The van der Waals surface area contributed by atoms with Gasteiger partial charge in [0.1, 0.15) is 12.4 Å². The quantitative estimate of drug-likeness (QED) is 0.842. The Hall–Kier alpha value is -1.26. The minimum atomic E-state index is -4.21. The van der Waals surface area contributed by atoms with E-state index in [0.29, 0.717) is 0 Å². The van der Waals surface area contributed by atoms with Crippen LogP contribution in [0.3, 0.4) is 0 Å². The predicted octanol–water partition coefficient (Wildman–Crippen LogP) is 3.18. The Morgan fingerprint density at radius 1 is 1.33 bits per heavy atom. The van der Waals surface area contributed by atoms with Crippen molar-refractivity contribution >= 4 is 5.82 Å². The maximum atomic E-state index is 11.9. The molecule has 1 aromatic rings. The van der Waals surface area contributed by atoms with Crippen LogP contribution >= 0.6 is 0 Å². The number of pyridine rings is 1. The number of aromatic nitrogens is 1. The van der Waals surface area contributed by atoms with E-state index in [1.54, 1.807) is 12.1 Å². The van der Waals surface area contributed by atoms with Gasteiger partial charge in [-0.15, -0.1) is 0 Å². The molecule has 2 nitrogen and oxygen atoms in total. The molecule has 5 heteroatoms. The molecule has 1 rings (SSSR count). The average molecular weight is 218 g/mol. The second kappa shape index (κ2) is 4.51. The third kappa shape index (κ3) is 4.18. The highest BCUT2D eigenvalue weighted by Gasteiger charge is 2.26. The van der Waals surface area contributed by atoms with Crippen molar-refractivity contribution in [2.75, 3.05) is 11.9 Å². The van der Waals surface area contributed by atoms with Crippen LogP contribution in [0.15, 0.2) is 18.2 Å². The highest BCUT2D eigenvalue weighted by molar-refractivity contribution is 5.36. The Labute approximate surface area is 86.5 Å². The van der Waals surface area contributed by atoms with Gasteiger partial charge in [-0.25, -0.2) is 4.98 Å². The SMILES string of the molecule is CC(C)c1cccc(NCC(F)(F)F)n1. The van der Waals surface area contributed by atoms with E-state index in [4.69, 9.17) is 0 Å². The van der Waals surface area contributed by atoms with Crippen LogP contribution in [0.5, 0.6) is 0 Å². The summed E-state index contributed by atoms with van der Waals surface area (Å²) in [5.41, 5.74) is 0.780. The molecule has 1 N–H and O–H groups in total. The number of rotatable bonds is 3. The number of nitrogens with one attached hydrogen (secondary N) is 1. The van der Waals surface area contributed by atoms with Crippen LogP contribution in [0, 0.1) is 0 Å². The van der Waals surface area contributed by atoms with E-state index >= 15 is 0 Å². The zero-order valence-electron chi connectivity index (χ0n) is 8.60. The van der Waals surface area contributed by atoms with Crippen LogP contribution in [-0.4, -0.2) is 17.7 Å². The molecule has 0 amide bonds. The molecule has 0 unspecified atom stereocenters. The maximum Gasteiger partial charge on any atom is 0.405 e. The van der Waals surface area contributed by atoms with Crippen molar-refractivity contribution in [2.45, 2.75) is 25.9 Å². The predicted molar refractivity (Wildman–Crippen MR) is 52.9 cm³/mol. The summed E-state index contributed by atoms with van der Waals surface area (Å²) in [6.07, 6.45) is -4.21. The zero-order valence-corrected chi connectivity index (χ0v) is 8.60.